The Balaban J connectivity index is 3.08. The first-order valence-corrected chi connectivity index (χ1v) is 5.80. The van der Waals surface area contributed by atoms with Crippen LogP contribution in [0, 0.1) is 19.8 Å². The number of aryl methyl sites for hydroxylation is 2. The van der Waals surface area contributed by atoms with Crippen molar-refractivity contribution < 1.29 is 9.53 Å². The van der Waals surface area contributed by atoms with Crippen molar-refractivity contribution in [1.82, 2.24) is 4.57 Å². The lowest BCUT2D eigenvalue weighted by molar-refractivity contribution is -0.148. The van der Waals surface area contributed by atoms with Crippen molar-refractivity contribution in [3.8, 4) is 0 Å². The van der Waals surface area contributed by atoms with Crippen molar-refractivity contribution in [1.29, 1.82) is 0 Å². The topological polar surface area (TPSA) is 31.2 Å². The van der Waals surface area contributed by atoms with E-state index in [0.29, 0.717) is 6.61 Å². The van der Waals surface area contributed by atoms with Gasteiger partial charge in [-0.15, -0.1) is 0 Å². The van der Waals surface area contributed by atoms with Gasteiger partial charge in [0, 0.05) is 11.4 Å². The zero-order valence-electron chi connectivity index (χ0n) is 10.8. The fourth-order valence-corrected chi connectivity index (χ4v) is 2.02. The maximum atomic E-state index is 11.9. The maximum absolute atomic E-state index is 11.9. The number of nitrogens with zero attached hydrogens (tertiary/aromatic N) is 1. The molecule has 0 saturated carbocycles. The van der Waals surface area contributed by atoms with E-state index < -0.39 is 0 Å². The summed E-state index contributed by atoms with van der Waals surface area (Å²) in [5, 5.41) is 0. The van der Waals surface area contributed by atoms with Crippen LogP contribution in [0.4, 0.5) is 0 Å². The fraction of sp³-hybridized carbons (Fsp3) is 0.615. The first kappa shape index (κ1) is 12.8. The Hall–Kier alpha value is -1.25. The monoisotopic (exact) mass is 223 g/mol. The van der Waals surface area contributed by atoms with Gasteiger partial charge in [0.05, 0.1) is 6.61 Å². The molecule has 1 atom stereocenters. The van der Waals surface area contributed by atoms with Crippen LogP contribution in [-0.2, 0) is 9.53 Å². The molecule has 0 spiro atoms. The maximum Gasteiger partial charge on any atom is 0.329 e. The molecule has 0 N–H and O–H groups in total. The molecule has 3 heteroatoms. The number of esters is 1. The molecule has 0 aliphatic rings. The Morgan fingerprint density at radius 3 is 2.19 bits per heavy atom. The highest BCUT2D eigenvalue weighted by Crippen LogP contribution is 2.24. The summed E-state index contributed by atoms with van der Waals surface area (Å²) in [5.41, 5.74) is 2.20. The molecule has 1 rings (SSSR count). The van der Waals surface area contributed by atoms with E-state index in [1.165, 1.54) is 0 Å². The standard InChI is InChI=1S/C13H21NO2/c1-6-16-13(15)12(9(2)3)14-10(4)7-8-11(14)5/h7-9,12H,6H2,1-5H3/t12-/m0/s1. The molecule has 0 radical (unpaired) electrons. The first-order chi connectivity index (χ1) is 7.49. The molecule has 16 heavy (non-hydrogen) atoms. The van der Waals surface area contributed by atoms with Gasteiger partial charge in [0.1, 0.15) is 6.04 Å². The van der Waals surface area contributed by atoms with E-state index in [9.17, 15) is 4.79 Å². The summed E-state index contributed by atoms with van der Waals surface area (Å²) in [6, 6.07) is 3.85. The molecular formula is C13H21NO2. The van der Waals surface area contributed by atoms with Gasteiger partial charge in [0.2, 0.25) is 0 Å². The predicted octanol–water partition coefficient (Wildman–Crippen LogP) is 2.87. The van der Waals surface area contributed by atoms with Crippen molar-refractivity contribution in [2.45, 2.75) is 40.7 Å². The number of carbonyl (C=O) groups is 1. The lowest BCUT2D eigenvalue weighted by Gasteiger charge is -2.24. The molecule has 3 nitrogen and oxygen atoms in total. The third-order valence-corrected chi connectivity index (χ3v) is 2.76. The second-order valence-electron chi connectivity index (χ2n) is 4.43. The second kappa shape index (κ2) is 5.19. The summed E-state index contributed by atoms with van der Waals surface area (Å²) in [6.07, 6.45) is 0. The predicted molar refractivity (Wildman–Crippen MR) is 64.4 cm³/mol. The van der Waals surface area contributed by atoms with Crippen LogP contribution < -0.4 is 0 Å². The SMILES string of the molecule is CCOC(=O)[C@H](C(C)C)n1c(C)ccc1C. The highest BCUT2D eigenvalue weighted by molar-refractivity contribution is 5.74. The van der Waals surface area contributed by atoms with Crippen LogP contribution in [0.5, 0.6) is 0 Å². The van der Waals surface area contributed by atoms with E-state index in [-0.39, 0.29) is 17.9 Å². The van der Waals surface area contributed by atoms with Crippen molar-refractivity contribution in [2.75, 3.05) is 6.61 Å². The van der Waals surface area contributed by atoms with Gasteiger partial charge >= 0.3 is 5.97 Å². The molecule has 0 fully saturated rings. The Labute approximate surface area is 97.4 Å². The number of hydrogen-bond donors (Lipinski definition) is 0. The number of aromatic nitrogens is 1. The summed E-state index contributed by atoms with van der Waals surface area (Å²) >= 11 is 0. The minimum Gasteiger partial charge on any atom is -0.464 e. The molecule has 90 valence electrons. The molecule has 0 aromatic carbocycles. The molecular weight excluding hydrogens is 202 g/mol. The summed E-state index contributed by atoms with van der Waals surface area (Å²) in [4.78, 5) is 11.9. The molecule has 0 amide bonds. The van der Waals surface area contributed by atoms with E-state index in [1.54, 1.807) is 0 Å². The van der Waals surface area contributed by atoms with Crippen LogP contribution in [-0.4, -0.2) is 17.1 Å². The van der Waals surface area contributed by atoms with Crippen LogP contribution in [0.15, 0.2) is 12.1 Å². The lowest BCUT2D eigenvalue weighted by Crippen LogP contribution is -2.28. The lowest BCUT2D eigenvalue weighted by atomic mass is 10.0. The Bertz CT molecular complexity index is 347. The largest absolute Gasteiger partial charge is 0.464 e. The van der Waals surface area contributed by atoms with Gasteiger partial charge < -0.3 is 9.30 Å². The first-order valence-electron chi connectivity index (χ1n) is 5.80. The molecule has 1 aromatic heterocycles. The van der Waals surface area contributed by atoms with Gasteiger partial charge in [-0.25, -0.2) is 4.79 Å². The average Bonchev–Trinajstić information content (AvgIpc) is 2.50. The summed E-state index contributed by atoms with van der Waals surface area (Å²) in [7, 11) is 0. The van der Waals surface area contributed by atoms with E-state index in [1.807, 2.05) is 46.8 Å². The molecule has 1 aromatic rings. The van der Waals surface area contributed by atoms with Crippen LogP contribution >= 0.6 is 0 Å². The van der Waals surface area contributed by atoms with Crippen LogP contribution in [0.2, 0.25) is 0 Å². The fourth-order valence-electron chi connectivity index (χ4n) is 2.02. The average molecular weight is 223 g/mol. The summed E-state index contributed by atoms with van der Waals surface area (Å²) in [5.74, 6) is 0.0868. The minimum atomic E-state index is -0.213. The van der Waals surface area contributed by atoms with Gasteiger partial charge in [0.15, 0.2) is 0 Å². The molecule has 0 bridgehead atoms. The highest BCUT2D eigenvalue weighted by Gasteiger charge is 2.27. The highest BCUT2D eigenvalue weighted by atomic mass is 16.5. The quantitative estimate of drug-likeness (QED) is 0.735. The minimum absolute atomic E-state index is 0.139. The molecule has 1 heterocycles. The summed E-state index contributed by atoms with van der Waals surface area (Å²) < 4.78 is 7.20. The Morgan fingerprint density at radius 2 is 1.81 bits per heavy atom. The van der Waals surface area contributed by atoms with Crippen LogP contribution in [0.25, 0.3) is 0 Å². The van der Waals surface area contributed by atoms with E-state index >= 15 is 0 Å². The normalized spacial score (nSPS) is 12.9. The van der Waals surface area contributed by atoms with E-state index in [0.717, 1.165) is 11.4 Å². The van der Waals surface area contributed by atoms with Gasteiger partial charge in [-0.2, -0.15) is 0 Å². The van der Waals surface area contributed by atoms with Crippen molar-refractivity contribution in [3.05, 3.63) is 23.5 Å². The molecule has 0 aliphatic carbocycles. The third-order valence-electron chi connectivity index (χ3n) is 2.76. The zero-order chi connectivity index (χ0) is 12.3. The van der Waals surface area contributed by atoms with E-state index in [2.05, 4.69) is 4.57 Å². The smallest absolute Gasteiger partial charge is 0.329 e. The number of ether oxygens (including phenoxy) is 1. The second-order valence-corrected chi connectivity index (χ2v) is 4.43. The van der Waals surface area contributed by atoms with Gasteiger partial charge in [0.25, 0.3) is 0 Å². The van der Waals surface area contributed by atoms with Gasteiger partial charge in [-0.05, 0) is 38.8 Å². The Morgan fingerprint density at radius 1 is 1.31 bits per heavy atom. The zero-order valence-corrected chi connectivity index (χ0v) is 10.8. The number of rotatable bonds is 4. The number of carbonyl (C=O) groups excluding carboxylic acids is 1. The molecule has 0 saturated heterocycles. The van der Waals surface area contributed by atoms with E-state index in [4.69, 9.17) is 4.74 Å². The molecule has 0 unspecified atom stereocenters. The van der Waals surface area contributed by atoms with Crippen LogP contribution in [0.3, 0.4) is 0 Å². The van der Waals surface area contributed by atoms with Crippen molar-refractivity contribution in [3.63, 3.8) is 0 Å². The van der Waals surface area contributed by atoms with Crippen molar-refractivity contribution in [2.24, 2.45) is 5.92 Å². The van der Waals surface area contributed by atoms with Gasteiger partial charge in [-0.1, -0.05) is 13.8 Å². The molecule has 0 aliphatic heterocycles. The third kappa shape index (κ3) is 2.46. The Kier molecular flexibility index (Phi) is 4.16. The summed E-state index contributed by atoms with van der Waals surface area (Å²) in [6.45, 7) is 10.4. The van der Waals surface area contributed by atoms with Gasteiger partial charge in [-0.3, -0.25) is 0 Å². The number of hydrogen-bond acceptors (Lipinski definition) is 2. The van der Waals surface area contributed by atoms with Crippen molar-refractivity contribution >= 4 is 5.97 Å². The van der Waals surface area contributed by atoms with Crippen LogP contribution in [0.1, 0.15) is 38.2 Å².